The van der Waals surface area contributed by atoms with E-state index in [4.69, 9.17) is 0 Å². The molecule has 0 aliphatic heterocycles. The number of aromatic hydroxyl groups is 1. The van der Waals surface area contributed by atoms with Crippen molar-refractivity contribution in [2.24, 2.45) is 5.92 Å². The van der Waals surface area contributed by atoms with Gasteiger partial charge in [0.2, 0.25) is 0 Å². The van der Waals surface area contributed by atoms with Gasteiger partial charge in [-0.2, -0.15) is 0 Å². The van der Waals surface area contributed by atoms with E-state index in [0.29, 0.717) is 11.8 Å². The molecule has 0 bridgehead atoms. The number of phenolic OH excluding ortho intramolecular Hbond substituents is 1. The van der Waals surface area contributed by atoms with Crippen LogP contribution in [0, 0.1) is 12.8 Å². The van der Waals surface area contributed by atoms with Crippen LogP contribution in [0.15, 0.2) is 18.2 Å². The van der Waals surface area contributed by atoms with Gasteiger partial charge in [0.15, 0.2) is 0 Å². The molecule has 2 rings (SSSR count). The van der Waals surface area contributed by atoms with Crippen LogP contribution in [0.3, 0.4) is 0 Å². The average Bonchev–Trinajstić information content (AvgIpc) is 2.16. The Bertz CT molecular complexity index is 358. The van der Waals surface area contributed by atoms with Gasteiger partial charge in [-0.1, -0.05) is 19.3 Å². The molecule has 2 nitrogen and oxygen atoms in total. The molecule has 0 aromatic heterocycles. The largest absolute Gasteiger partial charge is 0.508 e. The maximum Gasteiger partial charge on any atom is 0.115 e. The first kappa shape index (κ1) is 11.3. The van der Waals surface area contributed by atoms with E-state index in [0.717, 1.165) is 17.2 Å². The minimum atomic E-state index is 0.342. The normalized spacial score (nSPS) is 17.9. The van der Waals surface area contributed by atoms with E-state index in [2.05, 4.69) is 12.2 Å². The van der Waals surface area contributed by atoms with E-state index >= 15 is 0 Å². The molecule has 1 unspecified atom stereocenters. The average molecular weight is 219 g/mol. The summed E-state index contributed by atoms with van der Waals surface area (Å²) in [5.74, 6) is 1.27. The van der Waals surface area contributed by atoms with Crippen LogP contribution in [0.1, 0.15) is 38.2 Å². The van der Waals surface area contributed by atoms with Gasteiger partial charge in [-0.3, -0.25) is 0 Å². The van der Waals surface area contributed by atoms with Crippen molar-refractivity contribution in [2.45, 2.75) is 45.6 Å². The molecule has 1 aromatic carbocycles. The van der Waals surface area contributed by atoms with Crippen molar-refractivity contribution in [2.75, 3.05) is 5.32 Å². The first-order chi connectivity index (χ1) is 7.65. The lowest BCUT2D eigenvalue weighted by atomic mass is 9.81. The summed E-state index contributed by atoms with van der Waals surface area (Å²) in [4.78, 5) is 0. The van der Waals surface area contributed by atoms with Crippen molar-refractivity contribution in [3.8, 4) is 5.75 Å². The predicted molar refractivity (Wildman–Crippen MR) is 67.9 cm³/mol. The molecule has 2 N–H and O–H groups in total. The highest BCUT2D eigenvalue weighted by atomic mass is 16.3. The summed E-state index contributed by atoms with van der Waals surface area (Å²) in [6, 6.07) is 6.03. The highest BCUT2D eigenvalue weighted by Crippen LogP contribution is 2.31. The van der Waals surface area contributed by atoms with Crippen molar-refractivity contribution in [1.82, 2.24) is 0 Å². The lowest BCUT2D eigenvalue weighted by Gasteiger charge is -2.29. The minimum Gasteiger partial charge on any atom is -0.508 e. The van der Waals surface area contributed by atoms with Crippen molar-refractivity contribution >= 4 is 5.69 Å². The zero-order valence-electron chi connectivity index (χ0n) is 10.2. The number of benzene rings is 1. The Morgan fingerprint density at radius 3 is 2.75 bits per heavy atom. The second kappa shape index (κ2) is 4.77. The van der Waals surface area contributed by atoms with Gasteiger partial charge in [-0.25, -0.2) is 0 Å². The van der Waals surface area contributed by atoms with Gasteiger partial charge in [-0.15, -0.1) is 0 Å². The van der Waals surface area contributed by atoms with Gasteiger partial charge in [-0.05, 0) is 49.9 Å². The summed E-state index contributed by atoms with van der Waals surface area (Å²) in [5.41, 5.74) is 2.25. The summed E-state index contributed by atoms with van der Waals surface area (Å²) < 4.78 is 0. The number of anilines is 1. The third-order valence-corrected chi connectivity index (χ3v) is 3.52. The predicted octanol–water partition coefficient (Wildman–Crippen LogP) is 3.69. The van der Waals surface area contributed by atoms with Crippen molar-refractivity contribution in [3.63, 3.8) is 0 Å². The lowest BCUT2D eigenvalue weighted by molar-refractivity contribution is 0.286. The Labute approximate surface area is 97.7 Å². The molecular formula is C14H21NO. The first-order valence-electron chi connectivity index (χ1n) is 6.21. The van der Waals surface area contributed by atoms with Crippen LogP contribution in [-0.2, 0) is 0 Å². The maximum atomic E-state index is 9.34. The van der Waals surface area contributed by atoms with E-state index in [-0.39, 0.29) is 0 Å². The summed E-state index contributed by atoms with van der Waals surface area (Å²) in [5, 5.41) is 12.9. The molecule has 0 spiro atoms. The van der Waals surface area contributed by atoms with Crippen LogP contribution in [0.4, 0.5) is 5.69 Å². The summed E-state index contributed by atoms with van der Waals surface area (Å²) in [6.07, 6.45) is 5.48. The van der Waals surface area contributed by atoms with Gasteiger partial charge in [0, 0.05) is 11.7 Å². The fourth-order valence-corrected chi connectivity index (χ4v) is 2.36. The van der Waals surface area contributed by atoms with E-state index in [1.165, 1.54) is 25.7 Å². The van der Waals surface area contributed by atoms with Crippen molar-refractivity contribution < 1.29 is 5.11 Å². The zero-order valence-corrected chi connectivity index (χ0v) is 10.2. The fourth-order valence-electron chi connectivity index (χ4n) is 2.36. The van der Waals surface area contributed by atoms with Crippen LogP contribution < -0.4 is 5.32 Å². The molecular weight excluding hydrogens is 198 g/mol. The Balaban J connectivity index is 1.91. The lowest BCUT2D eigenvalue weighted by Crippen LogP contribution is -2.23. The molecule has 0 heterocycles. The first-order valence-corrected chi connectivity index (χ1v) is 6.21. The maximum absolute atomic E-state index is 9.34. The Morgan fingerprint density at radius 2 is 2.19 bits per heavy atom. The third kappa shape index (κ3) is 2.69. The minimum absolute atomic E-state index is 0.342. The molecule has 1 aliphatic carbocycles. The van der Waals surface area contributed by atoms with Crippen molar-refractivity contribution in [1.29, 1.82) is 0 Å². The van der Waals surface area contributed by atoms with Gasteiger partial charge >= 0.3 is 0 Å². The van der Waals surface area contributed by atoms with E-state index in [9.17, 15) is 5.11 Å². The van der Waals surface area contributed by atoms with E-state index in [1.54, 1.807) is 12.1 Å². The van der Waals surface area contributed by atoms with Crippen LogP contribution in [0.2, 0.25) is 0 Å². The second-order valence-corrected chi connectivity index (χ2v) is 5.08. The topological polar surface area (TPSA) is 32.3 Å². The molecule has 16 heavy (non-hydrogen) atoms. The van der Waals surface area contributed by atoms with E-state index < -0.39 is 0 Å². The van der Waals surface area contributed by atoms with E-state index in [1.807, 2.05) is 13.0 Å². The van der Waals surface area contributed by atoms with Crippen LogP contribution in [0.25, 0.3) is 0 Å². The molecule has 1 fully saturated rings. The quantitative estimate of drug-likeness (QED) is 0.757. The number of hydrogen-bond donors (Lipinski definition) is 2. The monoisotopic (exact) mass is 219 g/mol. The summed E-state index contributed by atoms with van der Waals surface area (Å²) in [6.45, 7) is 4.27. The third-order valence-electron chi connectivity index (χ3n) is 3.52. The molecule has 2 heteroatoms. The number of hydrogen-bond acceptors (Lipinski definition) is 2. The van der Waals surface area contributed by atoms with Crippen LogP contribution in [-0.4, -0.2) is 11.1 Å². The number of rotatable bonds is 4. The Hall–Kier alpha value is -1.18. The Morgan fingerprint density at radius 1 is 1.44 bits per heavy atom. The highest BCUT2D eigenvalue weighted by Gasteiger charge is 2.19. The zero-order chi connectivity index (χ0) is 11.5. The molecule has 0 saturated heterocycles. The van der Waals surface area contributed by atoms with Gasteiger partial charge < -0.3 is 10.4 Å². The Kier molecular flexibility index (Phi) is 3.37. The fraction of sp³-hybridized carbons (Fsp3) is 0.571. The van der Waals surface area contributed by atoms with Gasteiger partial charge in [0.1, 0.15) is 5.75 Å². The second-order valence-electron chi connectivity index (χ2n) is 5.08. The summed E-state index contributed by atoms with van der Waals surface area (Å²) >= 11 is 0. The van der Waals surface area contributed by atoms with Gasteiger partial charge in [0.05, 0.1) is 0 Å². The van der Waals surface area contributed by atoms with Crippen LogP contribution in [0.5, 0.6) is 5.75 Å². The molecule has 0 radical (unpaired) electrons. The molecule has 1 aliphatic rings. The molecule has 1 saturated carbocycles. The molecule has 88 valence electrons. The smallest absolute Gasteiger partial charge is 0.115 e. The molecule has 1 aromatic rings. The van der Waals surface area contributed by atoms with Gasteiger partial charge in [0.25, 0.3) is 0 Å². The highest BCUT2D eigenvalue weighted by molar-refractivity contribution is 5.53. The number of aryl methyl sites for hydroxylation is 1. The molecule has 0 amide bonds. The number of nitrogens with one attached hydrogen (secondary N) is 1. The summed E-state index contributed by atoms with van der Waals surface area (Å²) in [7, 11) is 0. The molecule has 1 atom stereocenters. The SMILES string of the molecule is Cc1cc(O)ccc1NC(C)CC1CCC1. The van der Waals surface area contributed by atoms with Crippen molar-refractivity contribution in [3.05, 3.63) is 23.8 Å². The standard InChI is InChI=1S/C14H21NO/c1-10-8-13(16)6-7-14(10)15-11(2)9-12-4-3-5-12/h6-8,11-12,15-16H,3-5,9H2,1-2H3. The number of phenols is 1. The van der Waals surface area contributed by atoms with Crippen LogP contribution >= 0.6 is 0 Å².